The Bertz CT molecular complexity index is 1480. The van der Waals surface area contributed by atoms with Crippen molar-refractivity contribution in [1.29, 1.82) is 0 Å². The number of nitrogens with one attached hydrogen (secondary N) is 1. The van der Waals surface area contributed by atoms with Gasteiger partial charge in [-0.3, -0.25) is 0 Å². The van der Waals surface area contributed by atoms with E-state index in [0.717, 1.165) is 90.0 Å². The molecule has 0 unspecified atom stereocenters. The summed E-state index contributed by atoms with van der Waals surface area (Å²) in [4.78, 5) is 29.0. The Morgan fingerprint density at radius 2 is 1.74 bits per heavy atom. The first-order chi connectivity index (χ1) is 18.6. The number of aromatic nitrogens is 2. The molecule has 0 spiro atoms. The van der Waals surface area contributed by atoms with Crippen molar-refractivity contribution in [3.63, 3.8) is 0 Å². The van der Waals surface area contributed by atoms with Gasteiger partial charge in [-0.15, -0.1) is 11.3 Å². The summed E-state index contributed by atoms with van der Waals surface area (Å²) >= 11 is 7.89. The molecule has 1 N–H and O–H groups in total. The Balaban J connectivity index is 1.34. The fraction of sp³-hybridized carbons (Fsp3) is 0.345. The molecule has 2 aromatic heterocycles. The monoisotopic (exact) mass is 547 g/mol. The van der Waals surface area contributed by atoms with Crippen molar-refractivity contribution in [2.45, 2.75) is 32.6 Å². The maximum atomic E-state index is 13.1. The zero-order valence-corrected chi connectivity index (χ0v) is 22.9. The molecular formula is C29H30ClN5O2S. The van der Waals surface area contributed by atoms with Crippen molar-refractivity contribution >= 4 is 62.3 Å². The highest BCUT2D eigenvalue weighted by molar-refractivity contribution is 7.16. The molecule has 1 saturated heterocycles. The summed E-state index contributed by atoms with van der Waals surface area (Å²) < 4.78 is 5.48. The highest BCUT2D eigenvalue weighted by Gasteiger charge is 2.28. The van der Waals surface area contributed by atoms with E-state index in [2.05, 4.69) is 21.2 Å². The number of benzene rings is 2. The van der Waals surface area contributed by atoms with Crippen LogP contribution in [0.1, 0.15) is 40.6 Å². The van der Waals surface area contributed by atoms with Gasteiger partial charge in [0.05, 0.1) is 23.2 Å². The molecule has 3 heterocycles. The molecule has 2 aromatic carbocycles. The molecule has 2 aliphatic rings. The second-order valence-electron chi connectivity index (χ2n) is 9.60. The van der Waals surface area contributed by atoms with E-state index in [4.69, 9.17) is 26.3 Å². The molecule has 38 heavy (non-hydrogen) atoms. The number of aryl methyl sites for hydroxylation is 1. The van der Waals surface area contributed by atoms with Crippen molar-refractivity contribution in [2.24, 2.45) is 0 Å². The Hall–Kier alpha value is -3.36. The Morgan fingerprint density at radius 3 is 2.50 bits per heavy atom. The zero-order chi connectivity index (χ0) is 26.1. The van der Waals surface area contributed by atoms with Crippen LogP contribution in [0.3, 0.4) is 0 Å². The van der Waals surface area contributed by atoms with Gasteiger partial charge < -0.3 is 19.9 Å². The van der Waals surface area contributed by atoms with Crippen molar-refractivity contribution in [3.05, 3.63) is 69.6 Å². The molecule has 1 aliphatic carbocycles. The lowest BCUT2D eigenvalue weighted by Gasteiger charge is -2.37. The van der Waals surface area contributed by atoms with Crippen LogP contribution in [0, 0.1) is 0 Å². The van der Waals surface area contributed by atoms with Crippen LogP contribution in [0.4, 0.5) is 22.3 Å². The highest BCUT2D eigenvalue weighted by atomic mass is 35.5. The number of anilines is 4. The molecule has 6 rings (SSSR count). The summed E-state index contributed by atoms with van der Waals surface area (Å²) in [7, 11) is 0. The number of hydrogen-bond donors (Lipinski definition) is 1. The molecule has 9 heteroatoms. The molecule has 0 saturated carbocycles. The standard InChI is InChI=1S/C29H30ClN5O2S/c1-2-37-29(36)25-21-10-3-6-13-24(21)38-28(25)33-26-27(32-23-12-5-4-11-22(23)31-26)35-16-14-34(15-17-35)20-9-7-8-19(30)18-20/h4-5,7-9,11-12,18H,2-3,6,10,13-17H2,1H3,(H,31,33). The van der Waals surface area contributed by atoms with Gasteiger partial charge in [0.25, 0.3) is 0 Å². The highest BCUT2D eigenvalue weighted by Crippen LogP contribution is 2.41. The largest absolute Gasteiger partial charge is 0.462 e. The van der Waals surface area contributed by atoms with Crippen LogP contribution in [0.5, 0.6) is 0 Å². The third kappa shape index (κ3) is 4.90. The number of carbonyl (C=O) groups excluding carboxylic acids is 1. The van der Waals surface area contributed by atoms with Gasteiger partial charge in [-0.2, -0.15) is 0 Å². The van der Waals surface area contributed by atoms with E-state index >= 15 is 0 Å². The molecular weight excluding hydrogens is 518 g/mol. The average Bonchev–Trinajstić information content (AvgIpc) is 3.31. The van der Waals surface area contributed by atoms with Crippen LogP contribution in [-0.2, 0) is 17.6 Å². The van der Waals surface area contributed by atoms with Gasteiger partial charge in [-0.05, 0) is 68.5 Å². The third-order valence-electron chi connectivity index (χ3n) is 7.19. The van der Waals surface area contributed by atoms with Crippen LogP contribution in [0.2, 0.25) is 5.02 Å². The van der Waals surface area contributed by atoms with Crippen LogP contribution < -0.4 is 15.1 Å². The van der Waals surface area contributed by atoms with Crippen molar-refractivity contribution < 1.29 is 9.53 Å². The third-order valence-corrected chi connectivity index (χ3v) is 8.63. The molecule has 0 radical (unpaired) electrons. The van der Waals surface area contributed by atoms with Gasteiger partial charge in [-0.1, -0.05) is 29.8 Å². The van der Waals surface area contributed by atoms with E-state index < -0.39 is 0 Å². The summed E-state index contributed by atoms with van der Waals surface area (Å²) in [6, 6.07) is 15.9. The van der Waals surface area contributed by atoms with E-state index in [1.807, 2.05) is 49.4 Å². The number of fused-ring (bicyclic) bond motifs is 2. The number of thiophene rings is 1. The molecule has 0 amide bonds. The van der Waals surface area contributed by atoms with Gasteiger partial charge in [0.1, 0.15) is 5.00 Å². The molecule has 0 atom stereocenters. The van der Waals surface area contributed by atoms with E-state index in [9.17, 15) is 4.79 Å². The van der Waals surface area contributed by atoms with E-state index in [1.54, 1.807) is 11.3 Å². The lowest BCUT2D eigenvalue weighted by atomic mass is 9.95. The fourth-order valence-electron chi connectivity index (χ4n) is 5.33. The number of carbonyl (C=O) groups is 1. The maximum Gasteiger partial charge on any atom is 0.341 e. The van der Waals surface area contributed by atoms with Gasteiger partial charge in [0.15, 0.2) is 11.6 Å². The van der Waals surface area contributed by atoms with Gasteiger partial charge in [0.2, 0.25) is 0 Å². The summed E-state index contributed by atoms with van der Waals surface area (Å²) in [5.74, 6) is 1.21. The second-order valence-corrected chi connectivity index (χ2v) is 11.1. The molecule has 1 aliphatic heterocycles. The number of halogens is 1. The number of hydrogen-bond acceptors (Lipinski definition) is 8. The Morgan fingerprint density at radius 1 is 1.00 bits per heavy atom. The van der Waals surface area contributed by atoms with Crippen molar-refractivity contribution in [2.75, 3.05) is 47.9 Å². The quantitative estimate of drug-likeness (QED) is 0.277. The SMILES string of the molecule is CCOC(=O)c1c(Nc2nc3ccccc3nc2N2CCN(c3cccc(Cl)c3)CC2)sc2c1CCCC2. The van der Waals surface area contributed by atoms with Gasteiger partial charge >= 0.3 is 5.97 Å². The average molecular weight is 548 g/mol. The lowest BCUT2D eigenvalue weighted by molar-refractivity contribution is 0.0526. The lowest BCUT2D eigenvalue weighted by Crippen LogP contribution is -2.47. The van der Waals surface area contributed by atoms with Crippen LogP contribution in [0.15, 0.2) is 48.5 Å². The molecule has 7 nitrogen and oxygen atoms in total. The number of esters is 1. The Kier molecular flexibility index (Phi) is 7.08. The number of para-hydroxylation sites is 2. The molecule has 0 bridgehead atoms. The van der Waals surface area contributed by atoms with Gasteiger partial charge in [-0.25, -0.2) is 14.8 Å². The fourth-order valence-corrected chi connectivity index (χ4v) is 6.79. The topological polar surface area (TPSA) is 70.6 Å². The number of nitrogens with zero attached hydrogens (tertiary/aromatic N) is 4. The van der Waals surface area contributed by atoms with Crippen molar-refractivity contribution in [1.82, 2.24) is 9.97 Å². The van der Waals surface area contributed by atoms with E-state index in [0.29, 0.717) is 18.0 Å². The maximum absolute atomic E-state index is 13.1. The predicted octanol–water partition coefficient (Wildman–Crippen LogP) is 6.47. The van der Waals surface area contributed by atoms with Crippen LogP contribution in [-0.4, -0.2) is 48.7 Å². The molecule has 4 aromatic rings. The van der Waals surface area contributed by atoms with E-state index in [-0.39, 0.29) is 5.97 Å². The number of rotatable bonds is 6. The minimum absolute atomic E-state index is 0.264. The van der Waals surface area contributed by atoms with Crippen LogP contribution >= 0.6 is 22.9 Å². The summed E-state index contributed by atoms with van der Waals surface area (Å²) in [6.07, 6.45) is 4.14. The number of ether oxygens (including phenoxy) is 1. The smallest absolute Gasteiger partial charge is 0.341 e. The predicted molar refractivity (Wildman–Crippen MR) is 156 cm³/mol. The molecule has 1 fully saturated rings. The Labute approximate surface area is 231 Å². The normalized spacial score (nSPS) is 15.4. The van der Waals surface area contributed by atoms with Crippen LogP contribution in [0.25, 0.3) is 11.0 Å². The first-order valence-electron chi connectivity index (χ1n) is 13.2. The van der Waals surface area contributed by atoms with Gasteiger partial charge in [0, 0.05) is 41.8 Å². The minimum atomic E-state index is -0.264. The summed E-state index contributed by atoms with van der Waals surface area (Å²) in [5, 5.41) is 5.10. The summed E-state index contributed by atoms with van der Waals surface area (Å²) in [6.45, 7) is 5.46. The number of piperazine rings is 1. The first kappa shape index (κ1) is 24.9. The molecule has 196 valence electrons. The first-order valence-corrected chi connectivity index (χ1v) is 14.4. The second kappa shape index (κ2) is 10.8. The summed E-state index contributed by atoms with van der Waals surface area (Å²) in [5.41, 5.74) is 4.59. The minimum Gasteiger partial charge on any atom is -0.462 e. The van der Waals surface area contributed by atoms with E-state index in [1.165, 1.54) is 4.88 Å². The van der Waals surface area contributed by atoms with Crippen molar-refractivity contribution in [3.8, 4) is 0 Å². The zero-order valence-electron chi connectivity index (χ0n) is 21.4.